The lowest BCUT2D eigenvalue weighted by Crippen LogP contribution is -2.17. The summed E-state index contributed by atoms with van der Waals surface area (Å²) in [4.78, 5) is 0. The molecule has 0 bridgehead atoms. The fourth-order valence-corrected chi connectivity index (χ4v) is 5.47. The highest BCUT2D eigenvalue weighted by Crippen LogP contribution is 2.39. The lowest BCUT2D eigenvalue weighted by Gasteiger charge is -2.30. The minimum absolute atomic E-state index is 0.0589. The maximum absolute atomic E-state index is 12.5. The molecular weight excluding hydrogens is 445 g/mol. The fourth-order valence-electron chi connectivity index (χ4n) is 5.35. The average molecular weight is 481 g/mol. The monoisotopic (exact) mass is 480 g/mol. The van der Waals surface area contributed by atoms with Gasteiger partial charge in [-0.15, -0.1) is 0 Å². The zero-order valence-electron chi connectivity index (χ0n) is 19.5. The predicted molar refractivity (Wildman–Crippen MR) is 130 cm³/mol. The van der Waals surface area contributed by atoms with E-state index in [0.29, 0.717) is 11.8 Å². The van der Waals surface area contributed by atoms with Crippen molar-refractivity contribution >= 4 is 11.6 Å². The first-order chi connectivity index (χ1) is 16.0. The quantitative estimate of drug-likeness (QED) is 0.375. The van der Waals surface area contributed by atoms with Crippen LogP contribution in [0.5, 0.6) is 0 Å². The molecule has 2 aromatic carbocycles. The fraction of sp³-hybridized carbons (Fsp3) is 0.571. The van der Waals surface area contributed by atoms with Crippen molar-refractivity contribution in [1.82, 2.24) is 0 Å². The topological polar surface area (TPSA) is 9.23 Å². The average Bonchev–Trinajstić information content (AvgIpc) is 2.84. The van der Waals surface area contributed by atoms with Gasteiger partial charge in [0, 0.05) is 19.8 Å². The van der Waals surface area contributed by atoms with E-state index in [1.165, 1.54) is 68.6 Å². The molecule has 0 N–H and O–H groups in total. The van der Waals surface area contributed by atoms with Crippen molar-refractivity contribution < 1.29 is 17.9 Å². The summed E-state index contributed by atoms with van der Waals surface area (Å²) in [5.41, 5.74) is 3.03. The highest BCUT2D eigenvalue weighted by Gasteiger charge is 2.24. The zero-order chi connectivity index (χ0) is 23.6. The molecule has 2 saturated carbocycles. The summed E-state index contributed by atoms with van der Waals surface area (Å²) in [5, 5.41) is -0.0589. The first-order valence-electron chi connectivity index (χ1n) is 12.3. The molecule has 0 aromatic heterocycles. The van der Waals surface area contributed by atoms with Gasteiger partial charge in [-0.3, -0.25) is 4.39 Å². The molecule has 1 nitrogen and oxygen atoms in total. The van der Waals surface area contributed by atoms with Gasteiger partial charge in [0.05, 0.1) is 11.7 Å². The molecule has 0 atom stereocenters. The maximum Gasteiger partial charge on any atom is 0.144 e. The Morgan fingerprint density at radius 2 is 1.30 bits per heavy atom. The van der Waals surface area contributed by atoms with Crippen LogP contribution in [0.25, 0.3) is 0 Å². The number of alkyl halides is 1. The van der Waals surface area contributed by atoms with Crippen LogP contribution in [-0.2, 0) is 4.74 Å². The summed E-state index contributed by atoms with van der Waals surface area (Å²) < 4.78 is 42.0. The van der Waals surface area contributed by atoms with Gasteiger partial charge in [-0.25, -0.2) is 8.78 Å². The van der Waals surface area contributed by atoms with Crippen molar-refractivity contribution in [3.63, 3.8) is 0 Å². The van der Waals surface area contributed by atoms with Gasteiger partial charge in [0.1, 0.15) is 11.6 Å². The molecule has 5 heteroatoms. The van der Waals surface area contributed by atoms with Crippen LogP contribution in [0.4, 0.5) is 13.2 Å². The number of methoxy groups -OCH3 is 1. The second-order valence-corrected chi connectivity index (χ2v) is 10.0. The van der Waals surface area contributed by atoms with E-state index in [-0.39, 0.29) is 11.7 Å². The van der Waals surface area contributed by atoms with Gasteiger partial charge in [0.2, 0.25) is 0 Å². The SMILES string of the molecule is COCC1CCC(c2ccc(C3CCC(CCF)CC3)cc2)CC1.Fc1ccc(Cl)c(F)c1. The summed E-state index contributed by atoms with van der Waals surface area (Å²) in [6.07, 6.45) is 10.9. The molecule has 182 valence electrons. The minimum Gasteiger partial charge on any atom is -0.384 e. The van der Waals surface area contributed by atoms with Crippen molar-refractivity contribution in [2.75, 3.05) is 20.4 Å². The van der Waals surface area contributed by atoms with Crippen LogP contribution in [0.1, 0.15) is 80.8 Å². The van der Waals surface area contributed by atoms with E-state index in [1.54, 1.807) is 0 Å². The van der Waals surface area contributed by atoms with E-state index in [4.69, 9.17) is 16.3 Å². The largest absolute Gasteiger partial charge is 0.384 e. The third kappa shape index (κ3) is 8.03. The molecule has 2 aliphatic carbocycles. The van der Waals surface area contributed by atoms with Gasteiger partial charge in [0.25, 0.3) is 0 Å². The molecule has 2 aliphatic rings. The molecule has 0 heterocycles. The van der Waals surface area contributed by atoms with Crippen LogP contribution in [0.2, 0.25) is 5.02 Å². The first-order valence-corrected chi connectivity index (χ1v) is 12.6. The second-order valence-electron chi connectivity index (χ2n) is 9.59. The van der Waals surface area contributed by atoms with Crippen molar-refractivity contribution in [3.8, 4) is 0 Å². The zero-order valence-corrected chi connectivity index (χ0v) is 20.3. The summed E-state index contributed by atoms with van der Waals surface area (Å²) in [6, 6.07) is 12.5. The standard InChI is InChI=1S/C22H33FO.C6H3ClF2/c1-24-16-18-4-8-20(9-5-18)22-12-10-21(11-13-22)19-6-2-17(3-7-19)14-15-23;7-5-2-1-4(8)3-6(5)9/h10-13,17-20H,2-9,14-16H2,1H3;1-3H. The normalized spacial score (nSPS) is 25.2. The Balaban J connectivity index is 0.000000286. The molecule has 33 heavy (non-hydrogen) atoms. The molecule has 0 unspecified atom stereocenters. The van der Waals surface area contributed by atoms with E-state index in [2.05, 4.69) is 24.3 Å². The van der Waals surface area contributed by atoms with Crippen LogP contribution in [-0.4, -0.2) is 20.4 Å². The Morgan fingerprint density at radius 1 is 0.788 bits per heavy atom. The van der Waals surface area contributed by atoms with Gasteiger partial charge in [-0.05, 0) is 105 Å². The molecule has 0 aliphatic heterocycles. The summed E-state index contributed by atoms with van der Waals surface area (Å²) in [5.74, 6) is 1.51. The summed E-state index contributed by atoms with van der Waals surface area (Å²) >= 11 is 5.24. The summed E-state index contributed by atoms with van der Waals surface area (Å²) in [7, 11) is 1.82. The van der Waals surface area contributed by atoms with Gasteiger partial charge >= 0.3 is 0 Å². The van der Waals surface area contributed by atoms with E-state index in [9.17, 15) is 13.2 Å². The number of ether oxygens (including phenoxy) is 1. The lowest BCUT2D eigenvalue weighted by molar-refractivity contribution is 0.127. The van der Waals surface area contributed by atoms with Crippen LogP contribution < -0.4 is 0 Å². The highest BCUT2D eigenvalue weighted by molar-refractivity contribution is 6.30. The highest BCUT2D eigenvalue weighted by atomic mass is 35.5. The molecule has 4 rings (SSSR count). The van der Waals surface area contributed by atoms with E-state index < -0.39 is 11.6 Å². The number of benzene rings is 2. The smallest absolute Gasteiger partial charge is 0.144 e. The molecule has 0 saturated heterocycles. The Kier molecular flexibility index (Phi) is 10.6. The van der Waals surface area contributed by atoms with Crippen LogP contribution in [0, 0.1) is 23.5 Å². The number of hydrogen-bond acceptors (Lipinski definition) is 1. The predicted octanol–water partition coefficient (Wildman–Crippen LogP) is 8.86. The van der Waals surface area contributed by atoms with Crippen molar-refractivity contribution in [3.05, 3.63) is 70.2 Å². The second kappa shape index (κ2) is 13.4. The van der Waals surface area contributed by atoms with E-state index >= 15 is 0 Å². The Hall–Kier alpha value is -1.52. The Labute approximate surface area is 201 Å². The van der Waals surface area contributed by atoms with Crippen LogP contribution in [0.3, 0.4) is 0 Å². The van der Waals surface area contributed by atoms with Gasteiger partial charge in [-0.2, -0.15) is 0 Å². The minimum atomic E-state index is -0.725. The Morgan fingerprint density at radius 3 is 1.73 bits per heavy atom. The molecule has 2 aromatic rings. The van der Waals surface area contributed by atoms with Crippen molar-refractivity contribution in [2.45, 2.75) is 69.6 Å². The van der Waals surface area contributed by atoms with Crippen molar-refractivity contribution in [2.24, 2.45) is 11.8 Å². The van der Waals surface area contributed by atoms with Crippen LogP contribution >= 0.6 is 11.6 Å². The molecular formula is C28H36ClF3O. The first kappa shape index (κ1) is 26.1. The number of halogens is 4. The number of hydrogen-bond donors (Lipinski definition) is 0. The lowest BCUT2D eigenvalue weighted by atomic mass is 9.76. The van der Waals surface area contributed by atoms with Gasteiger partial charge in [0.15, 0.2) is 0 Å². The van der Waals surface area contributed by atoms with Crippen molar-refractivity contribution in [1.29, 1.82) is 0 Å². The summed E-state index contributed by atoms with van der Waals surface area (Å²) in [6.45, 7) is 0.785. The van der Waals surface area contributed by atoms with Gasteiger partial charge < -0.3 is 4.74 Å². The molecule has 0 radical (unpaired) electrons. The molecule has 0 spiro atoms. The molecule has 0 amide bonds. The Bertz CT molecular complexity index is 781. The van der Waals surface area contributed by atoms with Gasteiger partial charge in [-0.1, -0.05) is 35.9 Å². The number of rotatable bonds is 6. The maximum atomic E-state index is 12.5. The van der Waals surface area contributed by atoms with E-state index in [1.807, 2.05) is 7.11 Å². The third-order valence-electron chi connectivity index (χ3n) is 7.37. The molecule has 2 fully saturated rings. The van der Waals surface area contributed by atoms with Crippen LogP contribution in [0.15, 0.2) is 42.5 Å². The third-order valence-corrected chi connectivity index (χ3v) is 7.68. The van der Waals surface area contributed by atoms with E-state index in [0.717, 1.165) is 37.0 Å².